The molecule has 0 amide bonds. The van der Waals surface area contributed by atoms with Gasteiger partial charge in [-0.05, 0) is 52.9 Å². The molecular formula is C15H26N4S. The zero-order valence-electron chi connectivity index (χ0n) is 12.6. The maximum absolute atomic E-state index is 4.76. The van der Waals surface area contributed by atoms with Crippen LogP contribution in [0.5, 0.6) is 0 Å². The lowest BCUT2D eigenvalue weighted by Gasteiger charge is -2.34. The van der Waals surface area contributed by atoms with Gasteiger partial charge in [0.25, 0.3) is 0 Å². The van der Waals surface area contributed by atoms with E-state index in [9.17, 15) is 0 Å². The fourth-order valence-corrected chi connectivity index (χ4v) is 3.58. The van der Waals surface area contributed by atoms with E-state index in [1.54, 1.807) is 11.3 Å². The van der Waals surface area contributed by atoms with Crippen molar-refractivity contribution in [1.29, 1.82) is 0 Å². The summed E-state index contributed by atoms with van der Waals surface area (Å²) in [7, 11) is 4.47. The second-order valence-corrected chi connectivity index (χ2v) is 7.28. The van der Waals surface area contributed by atoms with Gasteiger partial charge in [0, 0.05) is 30.6 Å². The molecule has 0 bridgehead atoms. The summed E-state index contributed by atoms with van der Waals surface area (Å²) >= 11 is 1.80. The molecule has 1 aromatic rings. The monoisotopic (exact) mass is 294 g/mol. The Bertz CT molecular complexity index is 421. The third-order valence-corrected chi connectivity index (χ3v) is 5.34. The van der Waals surface area contributed by atoms with Gasteiger partial charge in [0.2, 0.25) is 0 Å². The SMILES string of the molecule is CN1CCC(N(C)Cc2csc(CNC3CC3)n2)CC1. The molecule has 2 heterocycles. The van der Waals surface area contributed by atoms with Crippen LogP contribution in [-0.2, 0) is 13.1 Å². The first kappa shape index (κ1) is 14.4. The Morgan fingerprint density at radius 3 is 2.80 bits per heavy atom. The highest BCUT2D eigenvalue weighted by Gasteiger charge is 2.22. The molecule has 20 heavy (non-hydrogen) atoms. The van der Waals surface area contributed by atoms with Gasteiger partial charge in [-0.1, -0.05) is 0 Å². The number of hydrogen-bond donors (Lipinski definition) is 1. The summed E-state index contributed by atoms with van der Waals surface area (Å²) in [6, 6.07) is 1.49. The van der Waals surface area contributed by atoms with Crippen molar-refractivity contribution in [3.63, 3.8) is 0 Å². The highest BCUT2D eigenvalue weighted by Crippen LogP contribution is 2.21. The maximum Gasteiger partial charge on any atom is 0.107 e. The quantitative estimate of drug-likeness (QED) is 0.868. The van der Waals surface area contributed by atoms with E-state index in [-0.39, 0.29) is 0 Å². The molecular weight excluding hydrogens is 268 g/mol. The molecule has 1 aromatic heterocycles. The Balaban J connectivity index is 1.46. The fourth-order valence-electron chi connectivity index (χ4n) is 2.84. The topological polar surface area (TPSA) is 31.4 Å². The molecule has 112 valence electrons. The van der Waals surface area contributed by atoms with E-state index in [1.807, 2.05) is 0 Å². The van der Waals surface area contributed by atoms with Gasteiger partial charge in [0.15, 0.2) is 0 Å². The maximum atomic E-state index is 4.76. The van der Waals surface area contributed by atoms with Crippen LogP contribution >= 0.6 is 11.3 Å². The Labute approximate surface area is 126 Å². The number of piperidine rings is 1. The predicted molar refractivity (Wildman–Crippen MR) is 84.0 cm³/mol. The number of aromatic nitrogens is 1. The summed E-state index contributed by atoms with van der Waals surface area (Å²) in [5.41, 5.74) is 1.24. The second kappa shape index (κ2) is 6.52. The molecule has 4 nitrogen and oxygen atoms in total. The van der Waals surface area contributed by atoms with E-state index in [1.165, 1.54) is 49.5 Å². The molecule has 0 atom stereocenters. The van der Waals surface area contributed by atoms with E-state index >= 15 is 0 Å². The second-order valence-electron chi connectivity index (χ2n) is 6.34. The Morgan fingerprint density at radius 1 is 1.35 bits per heavy atom. The summed E-state index contributed by atoms with van der Waals surface area (Å²) in [6.07, 6.45) is 5.26. The largest absolute Gasteiger partial charge is 0.308 e. The standard InChI is InChI=1S/C15H26N4S/c1-18-7-5-14(6-8-18)19(2)10-13-11-20-15(17-13)9-16-12-3-4-12/h11-12,14,16H,3-10H2,1-2H3. The average molecular weight is 294 g/mol. The average Bonchev–Trinajstić information content (AvgIpc) is 3.17. The van der Waals surface area contributed by atoms with Crippen LogP contribution in [-0.4, -0.2) is 54.1 Å². The highest BCUT2D eigenvalue weighted by molar-refractivity contribution is 7.09. The summed E-state index contributed by atoms with van der Waals surface area (Å²) < 4.78 is 0. The van der Waals surface area contributed by atoms with Crippen molar-refractivity contribution in [2.24, 2.45) is 0 Å². The lowest BCUT2D eigenvalue weighted by atomic mass is 10.0. The fraction of sp³-hybridized carbons (Fsp3) is 0.800. The minimum Gasteiger partial charge on any atom is -0.308 e. The lowest BCUT2D eigenvalue weighted by molar-refractivity contribution is 0.138. The Morgan fingerprint density at radius 2 is 2.10 bits per heavy atom. The van der Waals surface area contributed by atoms with Crippen molar-refractivity contribution in [2.75, 3.05) is 27.2 Å². The molecule has 1 N–H and O–H groups in total. The van der Waals surface area contributed by atoms with Crippen LogP contribution in [0.3, 0.4) is 0 Å². The lowest BCUT2D eigenvalue weighted by Crippen LogP contribution is -2.41. The van der Waals surface area contributed by atoms with E-state index in [0.29, 0.717) is 0 Å². The Hall–Kier alpha value is -0.490. The van der Waals surface area contributed by atoms with Gasteiger partial charge in [-0.2, -0.15) is 0 Å². The molecule has 5 heteroatoms. The smallest absolute Gasteiger partial charge is 0.107 e. The van der Waals surface area contributed by atoms with Crippen LogP contribution < -0.4 is 5.32 Å². The van der Waals surface area contributed by atoms with Gasteiger partial charge in [-0.25, -0.2) is 4.98 Å². The molecule has 2 aliphatic rings. The van der Waals surface area contributed by atoms with Gasteiger partial charge in [-0.15, -0.1) is 11.3 Å². The van der Waals surface area contributed by atoms with Crippen LogP contribution in [0.2, 0.25) is 0 Å². The van der Waals surface area contributed by atoms with Gasteiger partial charge < -0.3 is 10.2 Å². The van der Waals surface area contributed by atoms with E-state index < -0.39 is 0 Å². The van der Waals surface area contributed by atoms with Crippen LogP contribution in [0.15, 0.2) is 5.38 Å². The molecule has 0 spiro atoms. The van der Waals surface area contributed by atoms with Crippen molar-refractivity contribution < 1.29 is 0 Å². The summed E-state index contributed by atoms with van der Waals surface area (Å²) in [5, 5.41) is 7.01. The van der Waals surface area contributed by atoms with Gasteiger partial charge >= 0.3 is 0 Å². The van der Waals surface area contributed by atoms with Gasteiger partial charge in [0.05, 0.1) is 5.69 Å². The number of thiazole rings is 1. The third kappa shape index (κ3) is 4.01. The third-order valence-electron chi connectivity index (χ3n) is 4.44. The first-order valence-electron chi connectivity index (χ1n) is 7.76. The molecule has 1 saturated carbocycles. The van der Waals surface area contributed by atoms with Crippen LogP contribution in [0.25, 0.3) is 0 Å². The van der Waals surface area contributed by atoms with Crippen LogP contribution in [0.1, 0.15) is 36.4 Å². The summed E-state index contributed by atoms with van der Waals surface area (Å²) in [6.45, 7) is 4.40. The molecule has 2 fully saturated rings. The van der Waals surface area contributed by atoms with Crippen molar-refractivity contribution >= 4 is 11.3 Å². The van der Waals surface area contributed by atoms with Crippen molar-refractivity contribution in [2.45, 2.75) is 50.9 Å². The Kier molecular flexibility index (Phi) is 4.71. The van der Waals surface area contributed by atoms with E-state index in [4.69, 9.17) is 4.98 Å². The molecule has 1 aliphatic heterocycles. The first-order chi connectivity index (χ1) is 9.70. The van der Waals surface area contributed by atoms with Crippen LogP contribution in [0.4, 0.5) is 0 Å². The molecule has 0 unspecified atom stereocenters. The van der Waals surface area contributed by atoms with Crippen LogP contribution in [0, 0.1) is 0 Å². The molecule has 0 aromatic carbocycles. The van der Waals surface area contributed by atoms with E-state index in [2.05, 4.69) is 34.6 Å². The number of nitrogens with one attached hydrogen (secondary N) is 1. The summed E-state index contributed by atoms with van der Waals surface area (Å²) in [5.74, 6) is 0. The molecule has 1 aliphatic carbocycles. The normalized spacial score (nSPS) is 21.8. The zero-order valence-corrected chi connectivity index (χ0v) is 13.5. The first-order valence-corrected chi connectivity index (χ1v) is 8.64. The van der Waals surface area contributed by atoms with Crippen molar-refractivity contribution in [1.82, 2.24) is 20.1 Å². The summed E-state index contributed by atoms with van der Waals surface area (Å²) in [4.78, 5) is 9.68. The molecule has 3 rings (SSSR count). The predicted octanol–water partition coefficient (Wildman–Crippen LogP) is 1.92. The highest BCUT2D eigenvalue weighted by atomic mass is 32.1. The number of likely N-dealkylation sites (tertiary alicyclic amines) is 1. The number of hydrogen-bond acceptors (Lipinski definition) is 5. The number of nitrogens with zero attached hydrogens (tertiary/aromatic N) is 3. The minimum absolute atomic E-state index is 0.723. The van der Waals surface area contributed by atoms with Crippen molar-refractivity contribution in [3.8, 4) is 0 Å². The van der Waals surface area contributed by atoms with Crippen molar-refractivity contribution in [3.05, 3.63) is 16.1 Å². The zero-order chi connectivity index (χ0) is 13.9. The molecule has 1 saturated heterocycles. The van der Waals surface area contributed by atoms with Gasteiger partial charge in [0.1, 0.15) is 5.01 Å². The van der Waals surface area contributed by atoms with Gasteiger partial charge in [-0.3, -0.25) is 4.90 Å². The minimum atomic E-state index is 0.723. The number of rotatable bonds is 6. The van der Waals surface area contributed by atoms with E-state index in [0.717, 1.165) is 25.2 Å². The molecule has 0 radical (unpaired) electrons.